The van der Waals surface area contributed by atoms with Gasteiger partial charge in [0.15, 0.2) is 8.32 Å². The third kappa shape index (κ3) is 2.61. The van der Waals surface area contributed by atoms with Crippen molar-refractivity contribution in [3.05, 3.63) is 11.4 Å². The van der Waals surface area contributed by atoms with Crippen LogP contribution in [-0.2, 0) is 4.43 Å². The van der Waals surface area contributed by atoms with Crippen LogP contribution in [0.25, 0.3) is 4.85 Å². The third-order valence-electron chi connectivity index (χ3n) is 2.09. The molecule has 0 N–H and O–H groups in total. The standard InChI is InChI=1S/C9H17NOSi/c1-10-8-6-5-7-9(8)11-12(2,3)4/h8-9H,5-7H2,2-4H3/t8-,9-/m1/s1. The molecule has 68 valence electrons. The predicted octanol–water partition coefficient (Wildman–Crippen LogP) is 2.68. The first-order valence-electron chi connectivity index (χ1n) is 4.57. The molecule has 1 saturated carbocycles. The summed E-state index contributed by atoms with van der Waals surface area (Å²) >= 11 is 0. The zero-order valence-corrected chi connectivity index (χ0v) is 9.13. The molecule has 2 atom stereocenters. The second kappa shape index (κ2) is 3.59. The van der Waals surface area contributed by atoms with Gasteiger partial charge in [0.1, 0.15) is 6.10 Å². The molecule has 0 heterocycles. The van der Waals surface area contributed by atoms with Gasteiger partial charge in [0.25, 0.3) is 0 Å². The molecule has 0 aliphatic heterocycles. The van der Waals surface area contributed by atoms with Gasteiger partial charge in [-0.15, -0.1) is 0 Å². The summed E-state index contributed by atoms with van der Waals surface area (Å²) in [5, 5.41) is 0. The Morgan fingerprint density at radius 3 is 2.50 bits per heavy atom. The summed E-state index contributed by atoms with van der Waals surface area (Å²) in [6, 6.07) is 0.150. The molecular weight excluding hydrogens is 166 g/mol. The van der Waals surface area contributed by atoms with E-state index in [1.54, 1.807) is 0 Å². The Morgan fingerprint density at radius 2 is 2.00 bits per heavy atom. The summed E-state index contributed by atoms with van der Waals surface area (Å²) < 4.78 is 5.93. The normalized spacial score (nSPS) is 30.2. The lowest BCUT2D eigenvalue weighted by atomic mass is 10.2. The van der Waals surface area contributed by atoms with Gasteiger partial charge >= 0.3 is 0 Å². The van der Waals surface area contributed by atoms with Gasteiger partial charge in [-0.3, -0.25) is 0 Å². The molecule has 1 rings (SSSR count). The van der Waals surface area contributed by atoms with Crippen molar-refractivity contribution in [3.8, 4) is 0 Å². The van der Waals surface area contributed by atoms with Crippen LogP contribution >= 0.6 is 0 Å². The van der Waals surface area contributed by atoms with Crippen molar-refractivity contribution in [2.75, 3.05) is 0 Å². The molecule has 2 nitrogen and oxygen atoms in total. The highest BCUT2D eigenvalue weighted by Gasteiger charge is 2.35. The first-order chi connectivity index (χ1) is 5.53. The number of rotatable bonds is 2. The van der Waals surface area contributed by atoms with Crippen LogP contribution in [0.15, 0.2) is 0 Å². The van der Waals surface area contributed by atoms with Gasteiger partial charge in [0, 0.05) is 6.42 Å². The molecule has 0 amide bonds. The molecule has 3 heteroatoms. The van der Waals surface area contributed by atoms with Crippen molar-refractivity contribution in [1.82, 2.24) is 0 Å². The minimum Gasteiger partial charge on any atom is -0.407 e. The van der Waals surface area contributed by atoms with Gasteiger partial charge in [-0.1, -0.05) is 0 Å². The van der Waals surface area contributed by atoms with Crippen LogP contribution in [0, 0.1) is 6.57 Å². The van der Waals surface area contributed by atoms with E-state index < -0.39 is 8.32 Å². The summed E-state index contributed by atoms with van der Waals surface area (Å²) in [6.07, 6.45) is 3.55. The van der Waals surface area contributed by atoms with Crippen molar-refractivity contribution in [2.24, 2.45) is 0 Å². The molecule has 1 aliphatic rings. The first kappa shape index (κ1) is 9.75. The first-order valence-corrected chi connectivity index (χ1v) is 7.98. The highest BCUT2D eigenvalue weighted by atomic mass is 28.4. The van der Waals surface area contributed by atoms with Crippen LogP contribution in [0.5, 0.6) is 0 Å². The molecular formula is C9H17NOSi. The molecule has 12 heavy (non-hydrogen) atoms. The van der Waals surface area contributed by atoms with Crippen molar-refractivity contribution >= 4 is 8.32 Å². The van der Waals surface area contributed by atoms with Crippen molar-refractivity contribution in [1.29, 1.82) is 0 Å². The lowest BCUT2D eigenvalue weighted by Gasteiger charge is -2.22. The SMILES string of the molecule is [C-]#[N+][C@@H]1CCC[C@H]1O[Si](C)(C)C. The van der Waals surface area contributed by atoms with E-state index in [0.29, 0.717) is 0 Å². The van der Waals surface area contributed by atoms with Crippen LogP contribution in [0.2, 0.25) is 19.6 Å². The van der Waals surface area contributed by atoms with Crippen LogP contribution < -0.4 is 0 Å². The molecule has 0 saturated heterocycles. The summed E-state index contributed by atoms with van der Waals surface area (Å²) in [5.41, 5.74) is 0. The van der Waals surface area contributed by atoms with E-state index in [0.717, 1.165) is 12.8 Å². The van der Waals surface area contributed by atoms with Gasteiger partial charge in [-0.05, 0) is 32.5 Å². The number of hydrogen-bond donors (Lipinski definition) is 0. The summed E-state index contributed by atoms with van der Waals surface area (Å²) in [5.74, 6) is 0. The van der Waals surface area contributed by atoms with Gasteiger partial charge < -0.3 is 9.27 Å². The van der Waals surface area contributed by atoms with Crippen LogP contribution in [0.1, 0.15) is 19.3 Å². The Balaban J connectivity index is 2.48. The lowest BCUT2D eigenvalue weighted by Crippen LogP contribution is -2.34. The van der Waals surface area contributed by atoms with E-state index in [-0.39, 0.29) is 12.1 Å². The van der Waals surface area contributed by atoms with Crippen molar-refractivity contribution in [3.63, 3.8) is 0 Å². The Morgan fingerprint density at radius 1 is 1.33 bits per heavy atom. The average molecular weight is 183 g/mol. The monoisotopic (exact) mass is 183 g/mol. The zero-order chi connectivity index (χ0) is 9.19. The van der Waals surface area contributed by atoms with E-state index in [4.69, 9.17) is 11.0 Å². The third-order valence-corrected chi connectivity index (χ3v) is 3.10. The highest BCUT2D eigenvalue weighted by molar-refractivity contribution is 6.69. The van der Waals surface area contributed by atoms with E-state index >= 15 is 0 Å². The molecule has 0 radical (unpaired) electrons. The Labute approximate surface area is 75.9 Å². The molecule has 0 aromatic carbocycles. The molecule has 0 aromatic rings. The molecule has 0 bridgehead atoms. The molecule has 0 unspecified atom stereocenters. The van der Waals surface area contributed by atoms with Crippen LogP contribution in [0.3, 0.4) is 0 Å². The van der Waals surface area contributed by atoms with Crippen LogP contribution in [-0.4, -0.2) is 20.5 Å². The molecule has 0 spiro atoms. The maximum absolute atomic E-state index is 7.00. The largest absolute Gasteiger partial charge is 0.407 e. The average Bonchev–Trinajstić information content (AvgIpc) is 2.31. The Bertz CT molecular complexity index is 192. The van der Waals surface area contributed by atoms with E-state index in [1.165, 1.54) is 6.42 Å². The minimum atomic E-state index is -1.42. The zero-order valence-electron chi connectivity index (χ0n) is 8.13. The summed E-state index contributed by atoms with van der Waals surface area (Å²) in [4.78, 5) is 3.60. The smallest absolute Gasteiger partial charge is 0.248 e. The molecule has 0 aromatic heterocycles. The summed E-state index contributed by atoms with van der Waals surface area (Å²) in [6.45, 7) is 13.6. The lowest BCUT2D eigenvalue weighted by molar-refractivity contribution is 0.196. The Hall–Kier alpha value is -0.333. The van der Waals surface area contributed by atoms with Crippen molar-refractivity contribution in [2.45, 2.75) is 51.0 Å². The summed E-state index contributed by atoms with van der Waals surface area (Å²) in [7, 11) is -1.42. The number of nitrogens with zero attached hydrogens (tertiary/aromatic N) is 1. The fraction of sp³-hybridized carbons (Fsp3) is 0.889. The predicted molar refractivity (Wildman–Crippen MR) is 52.5 cm³/mol. The van der Waals surface area contributed by atoms with Crippen LogP contribution in [0.4, 0.5) is 0 Å². The van der Waals surface area contributed by atoms with Crippen molar-refractivity contribution < 1.29 is 4.43 Å². The van der Waals surface area contributed by atoms with Gasteiger partial charge in [-0.25, -0.2) is 6.57 Å². The molecule has 1 aliphatic carbocycles. The second-order valence-corrected chi connectivity index (χ2v) is 8.86. The van der Waals surface area contributed by atoms with Gasteiger partial charge in [0.2, 0.25) is 6.04 Å². The fourth-order valence-corrected chi connectivity index (χ4v) is 2.83. The van der Waals surface area contributed by atoms with Gasteiger partial charge in [0.05, 0.1) is 0 Å². The highest BCUT2D eigenvalue weighted by Crippen LogP contribution is 2.27. The topological polar surface area (TPSA) is 13.6 Å². The second-order valence-electron chi connectivity index (χ2n) is 4.40. The van der Waals surface area contributed by atoms with E-state index in [2.05, 4.69) is 24.5 Å². The van der Waals surface area contributed by atoms with Gasteiger partial charge in [-0.2, -0.15) is 0 Å². The van der Waals surface area contributed by atoms with E-state index in [9.17, 15) is 0 Å². The maximum Gasteiger partial charge on any atom is 0.248 e. The Kier molecular flexibility index (Phi) is 2.92. The number of hydrogen-bond acceptors (Lipinski definition) is 1. The minimum absolute atomic E-state index is 0.150. The quantitative estimate of drug-likeness (QED) is 0.474. The molecule has 1 fully saturated rings. The fourth-order valence-electron chi connectivity index (χ4n) is 1.65. The maximum atomic E-state index is 7.00. The van der Waals surface area contributed by atoms with E-state index in [1.807, 2.05) is 0 Å².